The maximum atomic E-state index is 12.9. The molecule has 2 aliphatic heterocycles. The number of ether oxygens (including phenoxy) is 11. The van der Waals surface area contributed by atoms with Crippen LogP contribution in [0.3, 0.4) is 0 Å². The highest BCUT2D eigenvalue weighted by molar-refractivity contribution is 5.67. The number of methoxy groups -OCH3 is 1. The van der Waals surface area contributed by atoms with Crippen LogP contribution in [0.5, 0.6) is 0 Å². The lowest BCUT2D eigenvalue weighted by molar-refractivity contribution is -0.342. The molecule has 14 heteroatoms. The van der Waals surface area contributed by atoms with Gasteiger partial charge >= 0.3 is 17.9 Å². The van der Waals surface area contributed by atoms with E-state index in [0.29, 0.717) is 0 Å². The molecule has 0 radical (unpaired) electrons. The average molecular weight is 843 g/mol. The zero-order valence-electron chi connectivity index (χ0n) is 34.8. The molecule has 2 heterocycles. The van der Waals surface area contributed by atoms with E-state index in [1.165, 1.54) is 27.9 Å². The molecule has 4 aromatic rings. The molecule has 0 unspecified atom stereocenters. The molecule has 0 N–H and O–H groups in total. The van der Waals surface area contributed by atoms with Gasteiger partial charge in [0.05, 0.1) is 39.6 Å². The molecule has 2 saturated heterocycles. The maximum absolute atomic E-state index is 12.9. The first-order chi connectivity index (χ1) is 29.7. The van der Waals surface area contributed by atoms with Gasteiger partial charge in [-0.25, -0.2) is 0 Å². The van der Waals surface area contributed by atoms with Crippen molar-refractivity contribution in [3.63, 3.8) is 0 Å². The van der Waals surface area contributed by atoms with Crippen LogP contribution in [0.15, 0.2) is 121 Å². The van der Waals surface area contributed by atoms with E-state index in [1.54, 1.807) is 0 Å². The van der Waals surface area contributed by atoms with E-state index in [0.717, 1.165) is 22.3 Å². The van der Waals surface area contributed by atoms with Crippen LogP contribution in [-0.4, -0.2) is 99.6 Å². The van der Waals surface area contributed by atoms with Gasteiger partial charge in [-0.2, -0.15) is 0 Å². The van der Waals surface area contributed by atoms with Crippen molar-refractivity contribution >= 4 is 17.9 Å². The van der Waals surface area contributed by atoms with Gasteiger partial charge in [0, 0.05) is 27.9 Å². The Labute approximate surface area is 356 Å². The fraction of sp³-hybridized carbons (Fsp3) is 0.426. The molecule has 2 aliphatic rings. The quantitative estimate of drug-likeness (QED) is 0.0771. The minimum Gasteiger partial charge on any atom is -0.456 e. The average Bonchev–Trinajstić information content (AvgIpc) is 3.26. The van der Waals surface area contributed by atoms with Crippen LogP contribution in [0.25, 0.3) is 0 Å². The predicted octanol–water partition coefficient (Wildman–Crippen LogP) is 5.87. The standard InChI is InChI=1S/C47H54O14/c1-31(48)57-41-39(60-46(51-4)44(43(41)58-32(2)49)55-28-37-23-15-8-16-24-37)30-56-47-45(59-33(3)50)42(54-27-36-21-13-7-14-22-36)40(53-26-35-19-11-6-12-20-35)38(61-47)29-52-25-34-17-9-5-10-18-34/h5-24,38-47H,25-30H2,1-4H3/t38-,39-,40+,41+,42+,43+,44-,45-,46-,47-/m1/s1. The SMILES string of the molecule is CO[C@@H]1O[C@H](CO[C@@H]2O[C@H](COCc3ccccc3)[C@H](OCc3ccccc3)[C@H](OCc3ccccc3)[C@H]2OC(C)=O)[C@H](OC(C)=O)[C@H](OC(C)=O)[C@H]1OCc1ccccc1. The zero-order chi connectivity index (χ0) is 43.0. The van der Waals surface area contributed by atoms with Crippen LogP contribution in [0.1, 0.15) is 43.0 Å². The number of esters is 3. The highest BCUT2D eigenvalue weighted by Gasteiger charge is 2.54. The number of carbonyl (C=O) groups is 3. The molecule has 0 aliphatic carbocycles. The molecule has 6 rings (SSSR count). The Hall–Kier alpha value is -5.03. The predicted molar refractivity (Wildman–Crippen MR) is 218 cm³/mol. The second-order valence-electron chi connectivity index (χ2n) is 14.7. The molecule has 0 spiro atoms. The van der Waals surface area contributed by atoms with E-state index in [9.17, 15) is 14.4 Å². The lowest BCUT2D eigenvalue weighted by Crippen LogP contribution is -2.64. The fourth-order valence-corrected chi connectivity index (χ4v) is 7.25. The zero-order valence-corrected chi connectivity index (χ0v) is 34.8. The summed E-state index contributed by atoms with van der Waals surface area (Å²) in [5.74, 6) is -1.92. The van der Waals surface area contributed by atoms with Crippen molar-refractivity contribution < 1.29 is 66.5 Å². The molecule has 4 aromatic carbocycles. The van der Waals surface area contributed by atoms with E-state index in [4.69, 9.17) is 52.1 Å². The highest BCUT2D eigenvalue weighted by atomic mass is 16.8. The second-order valence-corrected chi connectivity index (χ2v) is 14.7. The number of benzene rings is 4. The first-order valence-electron chi connectivity index (χ1n) is 20.2. The van der Waals surface area contributed by atoms with E-state index < -0.39 is 79.3 Å². The minimum atomic E-state index is -1.28. The van der Waals surface area contributed by atoms with Crippen LogP contribution in [-0.2, 0) is 92.9 Å². The highest BCUT2D eigenvalue weighted by Crippen LogP contribution is 2.34. The monoisotopic (exact) mass is 842 g/mol. The Kier molecular flexibility index (Phi) is 17.3. The lowest BCUT2D eigenvalue weighted by Gasteiger charge is -2.47. The summed E-state index contributed by atoms with van der Waals surface area (Å²) in [6.07, 6.45) is -10.6. The summed E-state index contributed by atoms with van der Waals surface area (Å²) in [5, 5.41) is 0. The summed E-state index contributed by atoms with van der Waals surface area (Å²) in [6, 6.07) is 38.3. The van der Waals surface area contributed by atoms with Crippen LogP contribution >= 0.6 is 0 Å². The summed E-state index contributed by atoms with van der Waals surface area (Å²) in [6.45, 7) is 4.22. The maximum Gasteiger partial charge on any atom is 0.303 e. The lowest BCUT2D eigenvalue weighted by atomic mass is 9.97. The van der Waals surface area contributed by atoms with Gasteiger partial charge in [0.1, 0.15) is 30.5 Å². The Morgan fingerprint density at radius 3 is 1.30 bits per heavy atom. The van der Waals surface area contributed by atoms with E-state index in [-0.39, 0.29) is 39.6 Å². The normalized spacial score (nSPS) is 26.2. The molecule has 0 bridgehead atoms. The van der Waals surface area contributed by atoms with Gasteiger partial charge in [0.25, 0.3) is 0 Å². The Balaban J connectivity index is 1.30. The summed E-state index contributed by atoms with van der Waals surface area (Å²) in [4.78, 5) is 38.1. The third-order valence-electron chi connectivity index (χ3n) is 10.00. The summed E-state index contributed by atoms with van der Waals surface area (Å²) in [7, 11) is 1.42. The van der Waals surface area contributed by atoms with Crippen molar-refractivity contribution in [2.75, 3.05) is 20.3 Å². The van der Waals surface area contributed by atoms with Gasteiger partial charge in [-0.05, 0) is 22.3 Å². The fourth-order valence-electron chi connectivity index (χ4n) is 7.25. The van der Waals surface area contributed by atoms with Crippen molar-refractivity contribution in [3.05, 3.63) is 144 Å². The van der Waals surface area contributed by atoms with E-state index in [1.807, 2.05) is 121 Å². The molecule has 10 atom stereocenters. The number of hydrogen-bond donors (Lipinski definition) is 0. The van der Waals surface area contributed by atoms with Gasteiger partial charge in [0.2, 0.25) is 0 Å². The largest absolute Gasteiger partial charge is 0.456 e. The molecular formula is C47H54O14. The summed E-state index contributed by atoms with van der Waals surface area (Å²) in [5.41, 5.74) is 3.58. The van der Waals surface area contributed by atoms with Crippen LogP contribution in [0, 0.1) is 0 Å². The van der Waals surface area contributed by atoms with Crippen LogP contribution in [0.2, 0.25) is 0 Å². The van der Waals surface area contributed by atoms with E-state index in [2.05, 4.69) is 0 Å². The Morgan fingerprint density at radius 1 is 0.426 bits per heavy atom. The molecule has 0 amide bonds. The van der Waals surface area contributed by atoms with Crippen LogP contribution in [0.4, 0.5) is 0 Å². The number of hydrogen-bond acceptors (Lipinski definition) is 14. The van der Waals surface area contributed by atoms with Gasteiger partial charge < -0.3 is 52.1 Å². The Bertz CT molecular complexity index is 1920. The number of carbonyl (C=O) groups excluding carboxylic acids is 3. The van der Waals surface area contributed by atoms with Crippen molar-refractivity contribution in [2.45, 2.75) is 109 Å². The van der Waals surface area contributed by atoms with Gasteiger partial charge in [-0.15, -0.1) is 0 Å². The van der Waals surface area contributed by atoms with Gasteiger partial charge in [-0.3, -0.25) is 14.4 Å². The molecule has 326 valence electrons. The third-order valence-corrected chi connectivity index (χ3v) is 10.00. The second kappa shape index (κ2) is 23.3. The van der Waals surface area contributed by atoms with Gasteiger partial charge in [0.15, 0.2) is 30.9 Å². The molecule has 0 saturated carbocycles. The smallest absolute Gasteiger partial charge is 0.303 e. The molecule has 61 heavy (non-hydrogen) atoms. The first kappa shape index (κ1) is 45.5. The van der Waals surface area contributed by atoms with Crippen molar-refractivity contribution in [1.82, 2.24) is 0 Å². The van der Waals surface area contributed by atoms with Crippen molar-refractivity contribution in [3.8, 4) is 0 Å². The molecular weight excluding hydrogens is 789 g/mol. The molecule has 14 nitrogen and oxygen atoms in total. The minimum absolute atomic E-state index is 0.0446. The van der Waals surface area contributed by atoms with Gasteiger partial charge in [-0.1, -0.05) is 121 Å². The van der Waals surface area contributed by atoms with E-state index >= 15 is 0 Å². The third kappa shape index (κ3) is 13.5. The van der Waals surface area contributed by atoms with Crippen molar-refractivity contribution in [2.24, 2.45) is 0 Å². The molecule has 0 aromatic heterocycles. The molecule has 2 fully saturated rings. The Morgan fingerprint density at radius 2 is 0.820 bits per heavy atom. The first-order valence-corrected chi connectivity index (χ1v) is 20.2. The summed E-state index contributed by atoms with van der Waals surface area (Å²) >= 11 is 0. The van der Waals surface area contributed by atoms with Crippen LogP contribution < -0.4 is 0 Å². The topological polar surface area (TPSA) is 153 Å². The number of rotatable bonds is 20. The van der Waals surface area contributed by atoms with Crippen molar-refractivity contribution in [1.29, 1.82) is 0 Å². The summed E-state index contributed by atoms with van der Waals surface area (Å²) < 4.78 is 68.5.